The van der Waals surface area contributed by atoms with Crippen LogP contribution in [0.15, 0.2) is 42.5 Å². The smallest absolute Gasteiger partial charge is 0.141 e. The zero-order valence-corrected chi connectivity index (χ0v) is 11.8. The molecule has 0 bridgehead atoms. The fraction of sp³-hybridized carbons (Fsp3) is 0.294. The fourth-order valence-electron chi connectivity index (χ4n) is 3.07. The molecule has 1 unspecified atom stereocenters. The van der Waals surface area contributed by atoms with Crippen LogP contribution in [0.3, 0.4) is 0 Å². The SMILES string of the molecule is OC1(Cc2ccc(F)c(Cl)c2)CCCc2ccccc21. The van der Waals surface area contributed by atoms with E-state index in [1.807, 2.05) is 18.2 Å². The van der Waals surface area contributed by atoms with Gasteiger partial charge in [-0.25, -0.2) is 4.39 Å². The lowest BCUT2D eigenvalue weighted by atomic mass is 9.76. The van der Waals surface area contributed by atoms with Crippen LogP contribution in [-0.2, 0) is 18.4 Å². The van der Waals surface area contributed by atoms with E-state index in [-0.39, 0.29) is 5.02 Å². The molecule has 0 heterocycles. The van der Waals surface area contributed by atoms with Crippen molar-refractivity contribution in [1.82, 2.24) is 0 Å². The van der Waals surface area contributed by atoms with Crippen molar-refractivity contribution in [2.24, 2.45) is 0 Å². The van der Waals surface area contributed by atoms with E-state index in [1.54, 1.807) is 12.1 Å². The number of aryl methyl sites for hydroxylation is 1. The van der Waals surface area contributed by atoms with E-state index in [0.717, 1.165) is 30.4 Å². The highest BCUT2D eigenvalue weighted by molar-refractivity contribution is 6.30. The third kappa shape index (κ3) is 2.46. The van der Waals surface area contributed by atoms with Gasteiger partial charge in [0.05, 0.1) is 10.6 Å². The molecule has 20 heavy (non-hydrogen) atoms. The van der Waals surface area contributed by atoms with Gasteiger partial charge in [-0.05, 0) is 48.1 Å². The summed E-state index contributed by atoms with van der Waals surface area (Å²) in [6.07, 6.45) is 3.15. The van der Waals surface area contributed by atoms with Crippen molar-refractivity contribution < 1.29 is 9.50 Å². The number of hydrogen-bond acceptors (Lipinski definition) is 1. The first-order valence-corrected chi connectivity index (χ1v) is 7.21. The molecule has 104 valence electrons. The quantitative estimate of drug-likeness (QED) is 0.877. The Kier molecular flexibility index (Phi) is 3.53. The summed E-state index contributed by atoms with van der Waals surface area (Å²) in [6.45, 7) is 0. The number of benzene rings is 2. The molecule has 3 rings (SSSR count). The Morgan fingerprint density at radius 3 is 2.80 bits per heavy atom. The Labute approximate surface area is 123 Å². The van der Waals surface area contributed by atoms with Gasteiger partial charge < -0.3 is 5.11 Å². The van der Waals surface area contributed by atoms with Crippen LogP contribution in [0.4, 0.5) is 4.39 Å². The molecule has 0 radical (unpaired) electrons. The first kappa shape index (κ1) is 13.6. The van der Waals surface area contributed by atoms with Crippen LogP contribution in [0, 0.1) is 5.82 Å². The van der Waals surface area contributed by atoms with Gasteiger partial charge in [0.2, 0.25) is 0 Å². The number of aliphatic hydroxyl groups is 1. The van der Waals surface area contributed by atoms with Gasteiger partial charge in [0.1, 0.15) is 5.82 Å². The van der Waals surface area contributed by atoms with Crippen LogP contribution in [-0.4, -0.2) is 5.11 Å². The van der Waals surface area contributed by atoms with Crippen molar-refractivity contribution in [2.45, 2.75) is 31.3 Å². The topological polar surface area (TPSA) is 20.2 Å². The lowest BCUT2D eigenvalue weighted by Gasteiger charge is -2.34. The van der Waals surface area contributed by atoms with Gasteiger partial charge in [-0.3, -0.25) is 0 Å². The summed E-state index contributed by atoms with van der Waals surface area (Å²) < 4.78 is 13.2. The van der Waals surface area contributed by atoms with Crippen LogP contribution in [0.5, 0.6) is 0 Å². The zero-order valence-electron chi connectivity index (χ0n) is 11.1. The summed E-state index contributed by atoms with van der Waals surface area (Å²) in [6, 6.07) is 12.7. The van der Waals surface area contributed by atoms with E-state index in [2.05, 4.69) is 6.07 Å². The summed E-state index contributed by atoms with van der Waals surface area (Å²) in [5, 5.41) is 11.1. The first-order valence-electron chi connectivity index (χ1n) is 6.83. The molecule has 2 aromatic carbocycles. The monoisotopic (exact) mass is 290 g/mol. The molecule has 1 N–H and O–H groups in total. The maximum absolute atomic E-state index is 13.2. The lowest BCUT2D eigenvalue weighted by Crippen LogP contribution is -2.33. The predicted octanol–water partition coefficient (Wildman–Crippen LogP) is 4.25. The normalized spacial score (nSPS) is 21.6. The van der Waals surface area contributed by atoms with Crippen molar-refractivity contribution in [1.29, 1.82) is 0 Å². The van der Waals surface area contributed by atoms with Gasteiger partial charge in [-0.15, -0.1) is 0 Å². The molecular formula is C17H16ClFO. The van der Waals surface area contributed by atoms with Crippen molar-refractivity contribution in [3.63, 3.8) is 0 Å². The standard InChI is InChI=1S/C17H16ClFO/c18-15-10-12(7-8-16(15)19)11-17(20)9-3-5-13-4-1-2-6-14(13)17/h1-2,4,6-8,10,20H,3,5,9,11H2. The molecule has 1 aliphatic carbocycles. The van der Waals surface area contributed by atoms with E-state index >= 15 is 0 Å². The molecule has 1 atom stereocenters. The second-order valence-corrected chi connectivity index (χ2v) is 5.87. The predicted molar refractivity (Wildman–Crippen MR) is 78.4 cm³/mol. The number of fused-ring (bicyclic) bond motifs is 1. The van der Waals surface area contributed by atoms with Gasteiger partial charge in [-0.1, -0.05) is 41.9 Å². The summed E-state index contributed by atoms with van der Waals surface area (Å²) in [5.74, 6) is -0.425. The molecular weight excluding hydrogens is 275 g/mol. The van der Waals surface area contributed by atoms with Gasteiger partial charge in [0.15, 0.2) is 0 Å². The second kappa shape index (κ2) is 5.19. The third-order valence-corrected chi connectivity index (χ3v) is 4.33. The molecule has 1 nitrogen and oxygen atoms in total. The van der Waals surface area contributed by atoms with Gasteiger partial charge >= 0.3 is 0 Å². The Morgan fingerprint density at radius 1 is 1.20 bits per heavy atom. The maximum atomic E-state index is 13.2. The summed E-state index contributed by atoms with van der Waals surface area (Å²) in [7, 11) is 0. The molecule has 0 saturated carbocycles. The molecule has 0 saturated heterocycles. The van der Waals surface area contributed by atoms with Crippen LogP contribution in [0.25, 0.3) is 0 Å². The highest BCUT2D eigenvalue weighted by Crippen LogP contribution is 2.38. The van der Waals surface area contributed by atoms with Gasteiger partial charge in [-0.2, -0.15) is 0 Å². The van der Waals surface area contributed by atoms with Gasteiger partial charge in [0, 0.05) is 6.42 Å². The van der Waals surface area contributed by atoms with Gasteiger partial charge in [0.25, 0.3) is 0 Å². The minimum Gasteiger partial charge on any atom is -0.385 e. The van der Waals surface area contributed by atoms with Crippen molar-refractivity contribution in [3.05, 3.63) is 70.0 Å². The largest absolute Gasteiger partial charge is 0.385 e. The maximum Gasteiger partial charge on any atom is 0.141 e. The molecule has 0 aliphatic heterocycles. The first-order chi connectivity index (χ1) is 9.58. The summed E-state index contributed by atoms with van der Waals surface area (Å²) >= 11 is 5.82. The molecule has 0 amide bonds. The molecule has 2 aromatic rings. The highest BCUT2D eigenvalue weighted by Gasteiger charge is 2.34. The van der Waals surface area contributed by atoms with Crippen LogP contribution < -0.4 is 0 Å². The number of hydrogen-bond donors (Lipinski definition) is 1. The second-order valence-electron chi connectivity index (χ2n) is 5.47. The van der Waals surface area contributed by atoms with Crippen molar-refractivity contribution in [3.8, 4) is 0 Å². The van der Waals surface area contributed by atoms with E-state index in [9.17, 15) is 9.50 Å². The third-order valence-electron chi connectivity index (χ3n) is 4.04. The average Bonchev–Trinajstić information content (AvgIpc) is 2.43. The molecule has 0 aromatic heterocycles. The molecule has 3 heteroatoms. The fourth-order valence-corrected chi connectivity index (χ4v) is 3.27. The molecule has 0 fully saturated rings. The number of halogens is 2. The van der Waals surface area contributed by atoms with Crippen LogP contribution in [0.2, 0.25) is 5.02 Å². The Morgan fingerprint density at radius 2 is 2.00 bits per heavy atom. The Bertz CT molecular complexity index is 641. The lowest BCUT2D eigenvalue weighted by molar-refractivity contribution is 0.0190. The molecule has 1 aliphatic rings. The zero-order chi connectivity index (χ0) is 14.2. The van der Waals surface area contributed by atoms with E-state index in [4.69, 9.17) is 11.6 Å². The minimum atomic E-state index is -0.879. The molecule has 0 spiro atoms. The van der Waals surface area contributed by atoms with Crippen molar-refractivity contribution in [2.75, 3.05) is 0 Å². The van der Waals surface area contributed by atoms with E-state index < -0.39 is 11.4 Å². The number of rotatable bonds is 2. The van der Waals surface area contributed by atoms with E-state index in [1.165, 1.54) is 11.6 Å². The minimum absolute atomic E-state index is 0.107. The Hall–Kier alpha value is -1.38. The van der Waals surface area contributed by atoms with Crippen LogP contribution >= 0.6 is 11.6 Å². The summed E-state index contributed by atoms with van der Waals surface area (Å²) in [5.41, 5.74) is 2.17. The highest BCUT2D eigenvalue weighted by atomic mass is 35.5. The van der Waals surface area contributed by atoms with E-state index in [0.29, 0.717) is 6.42 Å². The average molecular weight is 291 g/mol. The van der Waals surface area contributed by atoms with Crippen molar-refractivity contribution >= 4 is 11.6 Å². The van der Waals surface area contributed by atoms with Crippen LogP contribution in [0.1, 0.15) is 29.5 Å². The summed E-state index contributed by atoms with van der Waals surface area (Å²) in [4.78, 5) is 0. The Balaban J connectivity index is 1.95.